The smallest absolute Gasteiger partial charge is 0.256 e. The molecule has 1 aliphatic heterocycles. The number of aliphatic hydroxyl groups is 1. The molecule has 2 aromatic rings. The second kappa shape index (κ2) is 6.02. The van der Waals surface area contributed by atoms with Crippen molar-refractivity contribution in [3.8, 4) is 5.75 Å². The van der Waals surface area contributed by atoms with Crippen LogP contribution in [0.3, 0.4) is 0 Å². The molecule has 0 aliphatic carbocycles. The monoisotopic (exact) mass is 311 g/mol. The van der Waals surface area contributed by atoms with Crippen LogP contribution in [-0.2, 0) is 4.79 Å². The summed E-state index contributed by atoms with van der Waals surface area (Å²) in [6.45, 7) is -0.103. The van der Waals surface area contributed by atoms with Crippen LogP contribution in [0.5, 0.6) is 5.75 Å². The molecule has 0 fully saturated rings. The number of nitrogen functional groups attached to an aromatic ring is 1. The largest absolute Gasteiger partial charge is 0.495 e. The van der Waals surface area contributed by atoms with Crippen LogP contribution in [0.15, 0.2) is 30.5 Å². The highest BCUT2D eigenvalue weighted by Gasteiger charge is 2.27. The maximum atomic E-state index is 12.3. The van der Waals surface area contributed by atoms with Crippen molar-refractivity contribution in [2.45, 2.75) is 0 Å². The van der Waals surface area contributed by atoms with Crippen molar-refractivity contribution in [3.63, 3.8) is 0 Å². The maximum absolute atomic E-state index is 12.3. The molecule has 1 amide bonds. The number of hydrogen-bond donors (Lipinski definition) is 4. The molecule has 23 heavy (non-hydrogen) atoms. The molecule has 1 aromatic heterocycles. The first kappa shape index (κ1) is 14.9. The van der Waals surface area contributed by atoms with Gasteiger partial charge < -0.3 is 25.9 Å². The van der Waals surface area contributed by atoms with Gasteiger partial charge in [0.15, 0.2) is 0 Å². The minimum absolute atomic E-state index is 0.103. The molecule has 0 radical (unpaired) electrons. The summed E-state index contributed by atoms with van der Waals surface area (Å²) in [5.74, 6) is 0.441. The van der Waals surface area contributed by atoms with Gasteiger partial charge in [-0.1, -0.05) is 12.2 Å². The van der Waals surface area contributed by atoms with Crippen LogP contribution in [-0.4, -0.2) is 29.7 Å². The standard InChI is InChI=1S/C17H17N3O3/c1-23-15-6-7-19-14(15)9-11-16-10(3-2-8-21)12(18)4-5-13(16)20-17(11)22/h2-7,9,19,21H,8,18H2,1H3,(H,20,22)/b3-2?,11-9-. The van der Waals surface area contributed by atoms with E-state index in [4.69, 9.17) is 15.6 Å². The van der Waals surface area contributed by atoms with E-state index in [0.717, 1.165) is 5.56 Å². The lowest BCUT2D eigenvalue weighted by molar-refractivity contribution is -0.110. The van der Waals surface area contributed by atoms with E-state index in [9.17, 15) is 4.79 Å². The molecule has 0 saturated heterocycles. The number of rotatable bonds is 4. The number of aromatic amines is 1. The number of fused-ring (bicyclic) bond motifs is 1. The first-order chi connectivity index (χ1) is 11.2. The predicted molar refractivity (Wildman–Crippen MR) is 90.8 cm³/mol. The summed E-state index contributed by atoms with van der Waals surface area (Å²) in [7, 11) is 1.57. The normalized spacial score (nSPS) is 15.2. The molecule has 0 atom stereocenters. The van der Waals surface area contributed by atoms with E-state index in [1.165, 1.54) is 0 Å². The average Bonchev–Trinajstić information content (AvgIpc) is 3.12. The number of nitrogens with two attached hydrogens (primary N) is 1. The van der Waals surface area contributed by atoms with Crippen molar-refractivity contribution in [2.24, 2.45) is 0 Å². The van der Waals surface area contributed by atoms with Gasteiger partial charge in [-0.15, -0.1) is 0 Å². The lowest BCUT2D eigenvalue weighted by Crippen LogP contribution is -2.03. The number of carbonyl (C=O) groups is 1. The number of aliphatic hydroxyl groups excluding tert-OH is 1. The van der Waals surface area contributed by atoms with E-state index in [1.807, 2.05) is 0 Å². The van der Waals surface area contributed by atoms with Crippen LogP contribution < -0.4 is 15.8 Å². The van der Waals surface area contributed by atoms with Crippen molar-refractivity contribution < 1.29 is 14.6 Å². The van der Waals surface area contributed by atoms with Gasteiger partial charge in [0.2, 0.25) is 0 Å². The number of ether oxygens (including phenoxy) is 1. The van der Waals surface area contributed by atoms with Crippen molar-refractivity contribution >= 4 is 35.0 Å². The summed E-state index contributed by atoms with van der Waals surface area (Å²) in [6.07, 6.45) is 6.77. The molecular weight excluding hydrogens is 294 g/mol. The first-order valence-corrected chi connectivity index (χ1v) is 7.10. The van der Waals surface area contributed by atoms with Gasteiger partial charge in [-0.05, 0) is 24.3 Å². The maximum Gasteiger partial charge on any atom is 0.256 e. The van der Waals surface area contributed by atoms with Crippen LogP contribution in [0.2, 0.25) is 0 Å². The Hall–Kier alpha value is -2.99. The molecule has 6 nitrogen and oxygen atoms in total. The van der Waals surface area contributed by atoms with E-state index >= 15 is 0 Å². The molecule has 118 valence electrons. The predicted octanol–water partition coefficient (Wildman–Crippen LogP) is 2.10. The number of amides is 1. The number of anilines is 2. The summed E-state index contributed by atoms with van der Waals surface area (Å²) in [6, 6.07) is 5.28. The molecule has 0 unspecified atom stereocenters. The fourth-order valence-corrected chi connectivity index (χ4v) is 2.62. The number of H-pyrrole nitrogens is 1. The van der Waals surface area contributed by atoms with Crippen molar-refractivity contribution in [3.05, 3.63) is 47.3 Å². The van der Waals surface area contributed by atoms with E-state index in [-0.39, 0.29) is 12.5 Å². The summed E-state index contributed by atoms with van der Waals surface area (Å²) >= 11 is 0. The van der Waals surface area contributed by atoms with Crippen molar-refractivity contribution in [1.29, 1.82) is 0 Å². The fourth-order valence-electron chi connectivity index (χ4n) is 2.62. The zero-order chi connectivity index (χ0) is 16.4. The number of nitrogens with one attached hydrogen (secondary N) is 2. The Balaban J connectivity index is 2.18. The number of carbonyl (C=O) groups excluding carboxylic acids is 1. The molecule has 0 saturated carbocycles. The second-order valence-electron chi connectivity index (χ2n) is 5.05. The summed E-state index contributed by atoms with van der Waals surface area (Å²) in [5.41, 5.74) is 9.88. The summed E-state index contributed by atoms with van der Waals surface area (Å²) < 4.78 is 5.26. The third kappa shape index (κ3) is 2.60. The van der Waals surface area contributed by atoms with Crippen molar-refractivity contribution in [1.82, 2.24) is 4.98 Å². The van der Waals surface area contributed by atoms with Crippen LogP contribution in [0.25, 0.3) is 17.7 Å². The van der Waals surface area contributed by atoms with Gasteiger partial charge in [0, 0.05) is 28.7 Å². The van der Waals surface area contributed by atoms with Gasteiger partial charge in [-0.3, -0.25) is 4.79 Å². The Bertz CT molecular complexity index is 818. The number of methoxy groups -OCH3 is 1. The summed E-state index contributed by atoms with van der Waals surface area (Å²) in [4.78, 5) is 15.4. The molecule has 0 bridgehead atoms. The third-order valence-corrected chi connectivity index (χ3v) is 3.68. The van der Waals surface area contributed by atoms with E-state index in [1.54, 1.807) is 49.7 Å². The molecule has 3 rings (SSSR count). The van der Waals surface area contributed by atoms with Gasteiger partial charge in [0.1, 0.15) is 5.75 Å². The molecule has 5 N–H and O–H groups in total. The molecule has 2 heterocycles. The number of benzene rings is 1. The molecular formula is C17H17N3O3. The number of aromatic nitrogens is 1. The molecule has 1 aliphatic rings. The van der Waals surface area contributed by atoms with Crippen LogP contribution in [0.1, 0.15) is 16.8 Å². The fraction of sp³-hybridized carbons (Fsp3) is 0.118. The molecule has 1 aromatic carbocycles. The molecule has 6 heteroatoms. The highest BCUT2D eigenvalue weighted by molar-refractivity contribution is 6.36. The Morgan fingerprint density at radius 1 is 1.35 bits per heavy atom. The first-order valence-electron chi connectivity index (χ1n) is 7.10. The van der Waals surface area contributed by atoms with Gasteiger partial charge >= 0.3 is 0 Å². The van der Waals surface area contributed by atoms with E-state index in [2.05, 4.69) is 10.3 Å². The van der Waals surface area contributed by atoms with E-state index < -0.39 is 0 Å². The Morgan fingerprint density at radius 2 is 2.17 bits per heavy atom. The average molecular weight is 311 g/mol. The zero-order valence-corrected chi connectivity index (χ0v) is 12.6. The van der Waals surface area contributed by atoms with Crippen LogP contribution in [0.4, 0.5) is 11.4 Å². The quantitative estimate of drug-likeness (QED) is 0.513. The highest BCUT2D eigenvalue weighted by Crippen LogP contribution is 2.39. The zero-order valence-electron chi connectivity index (χ0n) is 12.6. The molecule has 0 spiro atoms. The summed E-state index contributed by atoms with van der Waals surface area (Å²) in [5, 5.41) is 11.8. The van der Waals surface area contributed by atoms with Gasteiger partial charge in [0.25, 0.3) is 5.91 Å². The second-order valence-corrected chi connectivity index (χ2v) is 5.05. The lowest BCUT2D eigenvalue weighted by Gasteiger charge is -2.08. The minimum atomic E-state index is -0.207. The lowest BCUT2D eigenvalue weighted by atomic mass is 9.97. The topological polar surface area (TPSA) is 100 Å². The number of hydrogen-bond acceptors (Lipinski definition) is 4. The van der Waals surface area contributed by atoms with Gasteiger partial charge in [-0.25, -0.2) is 0 Å². The van der Waals surface area contributed by atoms with Gasteiger partial charge in [-0.2, -0.15) is 0 Å². The van der Waals surface area contributed by atoms with Crippen LogP contribution >= 0.6 is 0 Å². The van der Waals surface area contributed by atoms with Crippen LogP contribution in [0, 0.1) is 0 Å². The highest BCUT2D eigenvalue weighted by atomic mass is 16.5. The SMILES string of the molecule is COc1cc[nH]c1/C=C1\C(=O)Nc2ccc(N)c(C=CCO)c21. The third-order valence-electron chi connectivity index (χ3n) is 3.68. The van der Waals surface area contributed by atoms with Gasteiger partial charge in [0.05, 0.1) is 25.0 Å². The Labute approximate surface area is 133 Å². The Morgan fingerprint density at radius 3 is 2.91 bits per heavy atom. The van der Waals surface area contributed by atoms with E-state index in [0.29, 0.717) is 34.0 Å². The Kier molecular flexibility index (Phi) is 3.91. The minimum Gasteiger partial charge on any atom is -0.495 e. The van der Waals surface area contributed by atoms with Crippen molar-refractivity contribution in [2.75, 3.05) is 24.8 Å².